The molecule has 0 bridgehead atoms. The third-order valence-electron chi connectivity index (χ3n) is 9.29. The van der Waals surface area contributed by atoms with Crippen molar-refractivity contribution in [2.24, 2.45) is 7.05 Å². The fourth-order valence-electron chi connectivity index (χ4n) is 6.96. The Hall–Kier alpha value is -3.67. The van der Waals surface area contributed by atoms with Gasteiger partial charge in [-0.15, -0.1) is 11.8 Å². The Morgan fingerprint density at radius 2 is 1.84 bits per heavy atom. The molecule has 3 aliphatic heterocycles. The number of likely N-dealkylation sites (N-methyl/N-ethyl adjacent to an activating group) is 1. The highest BCUT2D eigenvalue weighted by Crippen LogP contribution is 2.47. The van der Waals surface area contributed by atoms with Gasteiger partial charge in [0.2, 0.25) is 5.91 Å². The summed E-state index contributed by atoms with van der Waals surface area (Å²) in [4.78, 5) is 41.1. The highest BCUT2D eigenvalue weighted by atomic mass is 32.2. The van der Waals surface area contributed by atoms with Gasteiger partial charge < -0.3 is 14.7 Å². The predicted molar refractivity (Wildman–Crippen MR) is 173 cm³/mol. The number of aromatic nitrogens is 4. The van der Waals surface area contributed by atoms with Crippen LogP contribution in [0.2, 0.25) is 0 Å². The van der Waals surface area contributed by atoms with Gasteiger partial charge in [0.25, 0.3) is 0 Å². The van der Waals surface area contributed by atoms with Crippen LogP contribution in [0.15, 0.2) is 52.8 Å². The van der Waals surface area contributed by atoms with Crippen LogP contribution in [-0.2, 0) is 11.8 Å². The number of rotatable bonds is 5. The Kier molecular flexibility index (Phi) is 7.27. The summed E-state index contributed by atoms with van der Waals surface area (Å²) in [5, 5.41) is 6.66. The average Bonchev–Trinajstić information content (AvgIpc) is 3.41. The number of carbonyl (C=O) groups is 1. The van der Waals surface area contributed by atoms with Gasteiger partial charge in [-0.3, -0.25) is 18.9 Å². The summed E-state index contributed by atoms with van der Waals surface area (Å²) >= 11 is 1.87. The van der Waals surface area contributed by atoms with E-state index in [0.29, 0.717) is 26.2 Å². The molecule has 5 heterocycles. The molecule has 2 aromatic carbocycles. The van der Waals surface area contributed by atoms with Crippen molar-refractivity contribution in [3.63, 3.8) is 0 Å². The van der Waals surface area contributed by atoms with E-state index in [2.05, 4.69) is 64.6 Å². The van der Waals surface area contributed by atoms with Crippen LogP contribution >= 0.6 is 11.8 Å². The Bertz CT molecular complexity index is 1800. The minimum Gasteiger partial charge on any atom is -0.352 e. The SMILES string of the molecule is C=CC(=O)N1CCN(c2nc(=O)n3c4c(c(-c5cccc6cnn(C)c56)c(C)cc24)SCC3CN2CCN(C)CC2)CC1. The van der Waals surface area contributed by atoms with Crippen LogP contribution in [0.3, 0.4) is 0 Å². The summed E-state index contributed by atoms with van der Waals surface area (Å²) in [5.41, 5.74) is 5.32. The van der Waals surface area contributed by atoms with Crippen LogP contribution in [0.25, 0.3) is 32.9 Å². The van der Waals surface area contributed by atoms with Crippen molar-refractivity contribution < 1.29 is 4.79 Å². The van der Waals surface area contributed by atoms with Crippen molar-refractivity contribution in [3.05, 3.63) is 59.2 Å². The monoisotopic (exact) mass is 598 g/mol. The van der Waals surface area contributed by atoms with Crippen LogP contribution < -0.4 is 10.6 Å². The number of nitrogens with zero attached hydrogens (tertiary/aromatic N) is 8. The van der Waals surface area contributed by atoms with E-state index in [-0.39, 0.29) is 17.6 Å². The van der Waals surface area contributed by atoms with Gasteiger partial charge in [0.05, 0.1) is 23.3 Å². The molecule has 3 aliphatic rings. The second-order valence-corrected chi connectivity index (χ2v) is 13.0. The van der Waals surface area contributed by atoms with Gasteiger partial charge in [-0.25, -0.2) is 4.79 Å². The zero-order valence-electron chi connectivity index (χ0n) is 25.1. The van der Waals surface area contributed by atoms with Crippen molar-refractivity contribution >= 4 is 45.3 Å². The summed E-state index contributed by atoms with van der Waals surface area (Å²) in [7, 11) is 4.15. The fraction of sp³-hybridized carbons (Fsp3) is 0.438. The second-order valence-electron chi connectivity index (χ2n) is 12.0. The van der Waals surface area contributed by atoms with Crippen LogP contribution in [0.4, 0.5) is 5.82 Å². The lowest BCUT2D eigenvalue weighted by molar-refractivity contribution is -0.126. The number of anilines is 1. The molecule has 1 atom stereocenters. The Labute approximate surface area is 255 Å². The lowest BCUT2D eigenvalue weighted by Crippen LogP contribution is -2.50. The second kappa shape index (κ2) is 11.1. The van der Waals surface area contributed by atoms with Gasteiger partial charge in [0.15, 0.2) is 0 Å². The number of benzene rings is 2. The molecule has 11 heteroatoms. The summed E-state index contributed by atoms with van der Waals surface area (Å²) in [6.07, 6.45) is 3.28. The fourth-order valence-corrected chi connectivity index (χ4v) is 8.34. The number of thioether (sulfide) groups is 1. The molecule has 43 heavy (non-hydrogen) atoms. The number of fused-ring (bicyclic) bond motifs is 1. The summed E-state index contributed by atoms with van der Waals surface area (Å²) in [6.45, 7) is 13.1. The molecule has 224 valence electrons. The lowest BCUT2D eigenvalue weighted by Gasteiger charge is -2.38. The molecular weight excluding hydrogens is 560 g/mol. The molecule has 2 aromatic heterocycles. The van der Waals surface area contributed by atoms with E-state index in [1.165, 1.54) is 6.08 Å². The quantitative estimate of drug-likeness (QED) is 0.325. The van der Waals surface area contributed by atoms with E-state index in [0.717, 1.165) is 87.7 Å². The van der Waals surface area contributed by atoms with Crippen molar-refractivity contribution in [1.82, 2.24) is 34.0 Å². The van der Waals surface area contributed by atoms with Crippen molar-refractivity contribution in [1.29, 1.82) is 0 Å². The molecular formula is C32H38N8O2S. The van der Waals surface area contributed by atoms with E-state index in [9.17, 15) is 9.59 Å². The highest BCUT2D eigenvalue weighted by Gasteiger charge is 2.33. The number of amides is 1. The Morgan fingerprint density at radius 3 is 2.58 bits per heavy atom. The zero-order chi connectivity index (χ0) is 29.8. The molecule has 2 fully saturated rings. The molecule has 10 nitrogen and oxygen atoms in total. The van der Waals surface area contributed by atoms with Gasteiger partial charge in [-0.1, -0.05) is 24.8 Å². The first kappa shape index (κ1) is 28.1. The minimum atomic E-state index is -0.193. The molecule has 0 N–H and O–H groups in total. The summed E-state index contributed by atoms with van der Waals surface area (Å²) in [5.74, 6) is 1.48. The molecule has 7 rings (SSSR count). The molecule has 0 radical (unpaired) electrons. The van der Waals surface area contributed by atoms with Gasteiger partial charge >= 0.3 is 5.69 Å². The van der Waals surface area contributed by atoms with E-state index in [1.54, 1.807) is 4.90 Å². The first-order valence-electron chi connectivity index (χ1n) is 15.0. The number of piperazine rings is 2. The van der Waals surface area contributed by atoms with E-state index in [1.807, 2.05) is 34.3 Å². The van der Waals surface area contributed by atoms with Gasteiger partial charge in [0.1, 0.15) is 5.82 Å². The van der Waals surface area contributed by atoms with Crippen LogP contribution in [0.1, 0.15) is 11.6 Å². The van der Waals surface area contributed by atoms with Crippen molar-refractivity contribution in [3.8, 4) is 11.1 Å². The maximum Gasteiger partial charge on any atom is 0.350 e. The standard InChI is InChI=1S/C32H38N8O2S/c1-5-26(41)38-13-15-39(16-14-38)31-25-17-21(2)27(24-8-6-7-22-18-33-36(4)28(22)24)30-29(25)40(32(42)34-31)23(20-43-30)19-37-11-9-35(3)10-12-37/h5-8,17-18,23H,1,9-16,19-20H2,2-4H3. The topological polar surface area (TPSA) is 82.7 Å². The van der Waals surface area contributed by atoms with Gasteiger partial charge in [-0.05, 0) is 31.7 Å². The first-order valence-corrected chi connectivity index (χ1v) is 16.0. The molecule has 0 saturated carbocycles. The molecule has 0 spiro atoms. The third kappa shape index (κ3) is 4.83. The van der Waals surface area contributed by atoms with Crippen LogP contribution in [-0.4, -0.2) is 112 Å². The smallest absolute Gasteiger partial charge is 0.350 e. The van der Waals surface area contributed by atoms with Crippen molar-refractivity contribution in [2.75, 3.05) is 76.6 Å². The maximum absolute atomic E-state index is 14.1. The minimum absolute atomic E-state index is 0.0302. The third-order valence-corrected chi connectivity index (χ3v) is 10.5. The highest BCUT2D eigenvalue weighted by molar-refractivity contribution is 7.99. The van der Waals surface area contributed by atoms with Crippen molar-refractivity contribution in [2.45, 2.75) is 17.9 Å². The molecule has 1 unspecified atom stereocenters. The zero-order valence-corrected chi connectivity index (χ0v) is 25.9. The van der Waals surface area contributed by atoms with Crippen LogP contribution in [0, 0.1) is 6.92 Å². The summed E-state index contributed by atoms with van der Waals surface area (Å²) in [6, 6.07) is 8.62. The van der Waals surface area contributed by atoms with E-state index in [4.69, 9.17) is 4.98 Å². The number of para-hydroxylation sites is 1. The number of carbonyl (C=O) groups excluding carboxylic acids is 1. The first-order chi connectivity index (χ1) is 20.8. The Balaban J connectivity index is 1.40. The van der Waals surface area contributed by atoms with Gasteiger partial charge in [-0.2, -0.15) is 10.1 Å². The number of hydrogen-bond acceptors (Lipinski definition) is 8. The average molecular weight is 599 g/mol. The molecule has 1 amide bonds. The molecule has 2 saturated heterocycles. The molecule has 4 aromatic rings. The number of hydrogen-bond donors (Lipinski definition) is 0. The van der Waals surface area contributed by atoms with E-state index >= 15 is 0 Å². The summed E-state index contributed by atoms with van der Waals surface area (Å²) < 4.78 is 3.94. The lowest BCUT2D eigenvalue weighted by atomic mass is 9.95. The largest absolute Gasteiger partial charge is 0.352 e. The molecule has 0 aliphatic carbocycles. The normalized spacial score (nSPS) is 19.8. The Morgan fingerprint density at radius 1 is 1.07 bits per heavy atom. The van der Waals surface area contributed by atoms with Crippen LogP contribution in [0.5, 0.6) is 0 Å². The van der Waals surface area contributed by atoms with E-state index < -0.39 is 0 Å². The maximum atomic E-state index is 14.1. The predicted octanol–water partition coefficient (Wildman–Crippen LogP) is 2.99. The van der Waals surface area contributed by atoms with Gasteiger partial charge in [0, 0.05) is 98.5 Å². The number of aryl methyl sites for hydroxylation is 2.